The first-order valence-corrected chi connectivity index (χ1v) is 12.9. The predicted molar refractivity (Wildman–Crippen MR) is 141 cm³/mol. The number of carbonyl (C=O) groups excluding carboxylic acids is 1. The maximum atomic E-state index is 13.6. The Bertz CT molecular complexity index is 1100. The number of nitro benzene ring substituents is 1. The molecule has 2 heterocycles. The van der Waals surface area contributed by atoms with Crippen molar-refractivity contribution in [3.05, 3.63) is 63.7 Å². The number of carbonyl (C=O) groups is 1. The number of rotatable bonds is 9. The highest BCUT2D eigenvalue weighted by Gasteiger charge is 2.26. The summed E-state index contributed by atoms with van der Waals surface area (Å²) in [6.45, 7) is 5.62. The van der Waals surface area contributed by atoms with Crippen molar-refractivity contribution in [1.82, 2.24) is 9.80 Å². The third-order valence-corrected chi connectivity index (χ3v) is 7.17. The molecule has 2 aliphatic heterocycles. The molecule has 2 aromatic rings. The summed E-state index contributed by atoms with van der Waals surface area (Å²) < 4.78 is 38.2. The smallest absolute Gasteiger partial charge is 0.311 e. The molecule has 0 radical (unpaired) electrons. The summed E-state index contributed by atoms with van der Waals surface area (Å²) in [5.41, 5.74) is 0.741. The molecule has 0 atom stereocenters. The van der Waals surface area contributed by atoms with Gasteiger partial charge in [0.1, 0.15) is 11.9 Å². The zero-order valence-corrected chi connectivity index (χ0v) is 21.0. The zero-order valence-electron chi connectivity index (χ0n) is 21.0. The van der Waals surface area contributed by atoms with Crippen molar-refractivity contribution < 1.29 is 28.0 Å². The Labute approximate surface area is 222 Å². The fraction of sp³-hybridized carbons (Fsp3) is 0.536. The highest BCUT2D eigenvalue weighted by atomic mass is 19.2. The molecule has 0 aliphatic carbocycles. The minimum Gasteiger partial charge on any atom is -0.490 e. The molecule has 8 nitrogen and oxygen atoms in total. The number of nitrogens with zero attached hydrogens (tertiary/aromatic N) is 3. The molecular weight excluding hydrogens is 496 g/mol. The van der Waals surface area contributed by atoms with E-state index in [1.165, 1.54) is 18.2 Å². The standard InChI is InChI=1S/C27H33F2N3O5.CH4/c1-2-36-26-18-22(4-6-25(26)32(34)35)37-21-9-15-31(16-10-21)27(33)11-14-30-12-7-19(8-13-30)20-3-5-23(28)24(29)17-20;/h3-6,17-19,21H,2,7-16H2,1H3;1H4. The topological polar surface area (TPSA) is 85.2 Å². The second-order valence-electron chi connectivity index (χ2n) is 9.56. The number of ether oxygens (including phenoxy) is 2. The van der Waals surface area contributed by atoms with Gasteiger partial charge in [-0.2, -0.15) is 0 Å². The molecule has 0 bridgehead atoms. The molecule has 0 N–H and O–H groups in total. The summed E-state index contributed by atoms with van der Waals surface area (Å²) >= 11 is 0. The van der Waals surface area contributed by atoms with E-state index in [0.717, 1.165) is 31.5 Å². The quantitative estimate of drug-likeness (QED) is 0.311. The van der Waals surface area contributed by atoms with Crippen LogP contribution in [0.1, 0.15) is 57.9 Å². The van der Waals surface area contributed by atoms with Crippen molar-refractivity contribution in [3.8, 4) is 11.5 Å². The summed E-state index contributed by atoms with van der Waals surface area (Å²) in [7, 11) is 0. The molecule has 0 aromatic heterocycles. The van der Waals surface area contributed by atoms with Gasteiger partial charge >= 0.3 is 5.69 Å². The minimum absolute atomic E-state index is 0. The van der Waals surface area contributed by atoms with Crippen LogP contribution >= 0.6 is 0 Å². The molecule has 2 aromatic carbocycles. The Morgan fingerprint density at radius 2 is 1.74 bits per heavy atom. The van der Waals surface area contributed by atoms with Crippen molar-refractivity contribution in [3.63, 3.8) is 0 Å². The maximum Gasteiger partial charge on any atom is 0.311 e. The lowest BCUT2D eigenvalue weighted by molar-refractivity contribution is -0.385. The number of hydrogen-bond acceptors (Lipinski definition) is 6. The van der Waals surface area contributed by atoms with Crippen LogP contribution in [0.15, 0.2) is 36.4 Å². The van der Waals surface area contributed by atoms with Crippen molar-refractivity contribution in [2.75, 3.05) is 39.3 Å². The van der Waals surface area contributed by atoms with E-state index in [4.69, 9.17) is 9.47 Å². The van der Waals surface area contributed by atoms with E-state index in [1.54, 1.807) is 25.1 Å². The van der Waals surface area contributed by atoms with Crippen LogP contribution in [0.4, 0.5) is 14.5 Å². The van der Waals surface area contributed by atoms with Gasteiger partial charge in [-0.3, -0.25) is 14.9 Å². The van der Waals surface area contributed by atoms with Gasteiger partial charge in [-0.1, -0.05) is 13.5 Å². The van der Waals surface area contributed by atoms with Crippen LogP contribution in [-0.4, -0.2) is 66.1 Å². The van der Waals surface area contributed by atoms with Crippen LogP contribution in [-0.2, 0) is 4.79 Å². The molecule has 2 saturated heterocycles. The Kier molecular flexibility index (Phi) is 10.4. The molecule has 0 spiro atoms. The average Bonchev–Trinajstić information content (AvgIpc) is 2.90. The van der Waals surface area contributed by atoms with Crippen LogP contribution in [0.25, 0.3) is 0 Å². The SMILES string of the molecule is C.CCOc1cc(OC2CCN(C(=O)CCN3CCC(c4ccc(F)c(F)c4)CC3)CC2)ccc1[N+](=O)[O-]. The highest BCUT2D eigenvalue weighted by Crippen LogP contribution is 2.33. The summed E-state index contributed by atoms with van der Waals surface area (Å²) in [6.07, 6.45) is 3.46. The van der Waals surface area contributed by atoms with Gasteiger partial charge in [0.25, 0.3) is 0 Å². The number of likely N-dealkylation sites (tertiary alicyclic amines) is 2. The largest absolute Gasteiger partial charge is 0.490 e. The summed E-state index contributed by atoms with van der Waals surface area (Å²) in [4.78, 5) is 27.6. The number of nitro groups is 1. The number of benzene rings is 2. The number of hydrogen-bond donors (Lipinski definition) is 0. The van der Waals surface area contributed by atoms with Gasteiger partial charge in [0, 0.05) is 51.0 Å². The Morgan fingerprint density at radius 1 is 1.03 bits per heavy atom. The monoisotopic (exact) mass is 533 g/mol. The summed E-state index contributed by atoms with van der Waals surface area (Å²) in [5.74, 6) is -0.589. The average molecular weight is 534 g/mol. The maximum absolute atomic E-state index is 13.6. The van der Waals surface area contributed by atoms with Gasteiger partial charge in [0.2, 0.25) is 11.7 Å². The van der Waals surface area contributed by atoms with Crippen molar-refractivity contribution in [2.45, 2.75) is 58.5 Å². The molecule has 2 fully saturated rings. The predicted octanol–water partition coefficient (Wildman–Crippen LogP) is 5.55. The van der Waals surface area contributed by atoms with Crippen LogP contribution in [0.2, 0.25) is 0 Å². The van der Waals surface area contributed by atoms with Gasteiger partial charge in [-0.15, -0.1) is 0 Å². The Hall–Kier alpha value is -3.27. The first-order chi connectivity index (χ1) is 17.8. The lowest BCUT2D eigenvalue weighted by Gasteiger charge is -2.34. The van der Waals surface area contributed by atoms with Crippen LogP contribution in [0.3, 0.4) is 0 Å². The van der Waals surface area contributed by atoms with E-state index in [-0.39, 0.29) is 36.8 Å². The molecular formula is C28H37F2N3O5. The molecule has 1 amide bonds. The zero-order chi connectivity index (χ0) is 26.4. The molecule has 2 aliphatic rings. The van der Waals surface area contributed by atoms with E-state index in [0.29, 0.717) is 51.3 Å². The summed E-state index contributed by atoms with van der Waals surface area (Å²) in [5, 5.41) is 11.2. The van der Waals surface area contributed by atoms with Gasteiger partial charge in [-0.25, -0.2) is 8.78 Å². The van der Waals surface area contributed by atoms with E-state index >= 15 is 0 Å². The Balaban J connectivity index is 0.00000400. The van der Waals surface area contributed by atoms with E-state index in [2.05, 4.69) is 4.90 Å². The summed E-state index contributed by atoms with van der Waals surface area (Å²) in [6, 6.07) is 8.66. The molecule has 0 saturated carbocycles. The van der Waals surface area contributed by atoms with E-state index in [9.17, 15) is 23.7 Å². The fourth-order valence-corrected chi connectivity index (χ4v) is 5.07. The van der Waals surface area contributed by atoms with Crippen molar-refractivity contribution in [1.29, 1.82) is 0 Å². The molecule has 0 unspecified atom stereocenters. The number of piperidine rings is 2. The molecule has 10 heteroatoms. The number of amides is 1. The van der Waals surface area contributed by atoms with Gasteiger partial charge < -0.3 is 19.3 Å². The Morgan fingerprint density at radius 3 is 2.37 bits per heavy atom. The lowest BCUT2D eigenvalue weighted by atomic mass is 9.89. The lowest BCUT2D eigenvalue weighted by Crippen LogP contribution is -2.43. The minimum atomic E-state index is -0.822. The first kappa shape index (κ1) is 29.3. The fourth-order valence-electron chi connectivity index (χ4n) is 5.07. The number of halogens is 2. The van der Waals surface area contributed by atoms with Crippen LogP contribution in [0, 0.1) is 21.7 Å². The van der Waals surface area contributed by atoms with Crippen molar-refractivity contribution in [2.24, 2.45) is 0 Å². The molecule has 208 valence electrons. The van der Waals surface area contributed by atoms with Gasteiger partial charge in [0.05, 0.1) is 11.5 Å². The van der Waals surface area contributed by atoms with Crippen molar-refractivity contribution >= 4 is 11.6 Å². The second-order valence-corrected chi connectivity index (χ2v) is 9.56. The van der Waals surface area contributed by atoms with Gasteiger partial charge in [0.15, 0.2) is 11.6 Å². The highest BCUT2D eigenvalue weighted by molar-refractivity contribution is 5.76. The first-order valence-electron chi connectivity index (χ1n) is 12.9. The third-order valence-electron chi connectivity index (χ3n) is 7.17. The van der Waals surface area contributed by atoms with Crippen LogP contribution in [0.5, 0.6) is 11.5 Å². The molecule has 38 heavy (non-hydrogen) atoms. The van der Waals surface area contributed by atoms with E-state index in [1.807, 2.05) is 4.90 Å². The second kappa shape index (κ2) is 13.5. The normalized spacial score (nSPS) is 17.1. The van der Waals surface area contributed by atoms with Gasteiger partial charge in [-0.05, 0) is 62.5 Å². The third kappa shape index (κ3) is 7.40. The molecule has 4 rings (SSSR count). The van der Waals surface area contributed by atoms with E-state index < -0.39 is 16.6 Å². The van der Waals surface area contributed by atoms with Crippen LogP contribution < -0.4 is 9.47 Å².